The van der Waals surface area contributed by atoms with E-state index in [0.717, 1.165) is 22.1 Å². The lowest BCUT2D eigenvalue weighted by molar-refractivity contribution is 0.329. The molecule has 0 amide bonds. The Morgan fingerprint density at radius 3 is 2.61 bits per heavy atom. The Hall–Kier alpha value is -1.69. The molecular formula is C15H14ClNO. The minimum Gasteiger partial charge on any atom is -0.460 e. The van der Waals surface area contributed by atoms with Crippen molar-refractivity contribution in [3.63, 3.8) is 0 Å². The molecule has 1 heterocycles. The van der Waals surface area contributed by atoms with Gasteiger partial charge in [-0.1, -0.05) is 17.5 Å². The van der Waals surface area contributed by atoms with E-state index in [-0.39, 0.29) is 0 Å². The van der Waals surface area contributed by atoms with E-state index in [1.165, 1.54) is 0 Å². The average molecular weight is 260 g/mol. The molecule has 0 aliphatic heterocycles. The topological polar surface area (TPSA) is 16.4 Å². The predicted molar refractivity (Wildman–Crippen MR) is 74.3 cm³/mol. The van der Waals surface area contributed by atoms with Crippen molar-refractivity contribution in [1.82, 2.24) is 4.90 Å². The number of rotatable bonds is 4. The molecule has 0 aliphatic rings. The van der Waals surface area contributed by atoms with Crippen LogP contribution in [0.2, 0.25) is 5.02 Å². The van der Waals surface area contributed by atoms with Crippen molar-refractivity contribution < 1.29 is 4.42 Å². The summed E-state index contributed by atoms with van der Waals surface area (Å²) < 4.78 is 5.77. The first-order chi connectivity index (χ1) is 8.69. The fourth-order valence-corrected chi connectivity index (χ4v) is 1.84. The number of hydrogen-bond acceptors (Lipinski definition) is 2. The molecule has 0 N–H and O–H groups in total. The van der Waals surface area contributed by atoms with Crippen LogP contribution in [0.3, 0.4) is 0 Å². The lowest BCUT2D eigenvalue weighted by Crippen LogP contribution is -2.17. The van der Waals surface area contributed by atoms with Crippen LogP contribution in [0.15, 0.2) is 40.8 Å². The smallest absolute Gasteiger partial charge is 0.134 e. The standard InChI is InChI=1S/C15H14ClNO/c1-3-10-17(2)11-14-8-9-15(18-14)12-4-6-13(16)7-5-12/h1,4-9H,10-11H2,2H3. The molecular weight excluding hydrogens is 246 g/mol. The maximum absolute atomic E-state index is 5.85. The SMILES string of the molecule is C#CCN(C)Cc1ccc(-c2ccc(Cl)cc2)o1. The van der Waals surface area contributed by atoms with E-state index in [1.54, 1.807) is 0 Å². The molecule has 2 aromatic rings. The molecule has 0 unspecified atom stereocenters. The van der Waals surface area contributed by atoms with Gasteiger partial charge in [0, 0.05) is 10.6 Å². The summed E-state index contributed by atoms with van der Waals surface area (Å²) in [7, 11) is 1.96. The van der Waals surface area contributed by atoms with Crippen molar-refractivity contribution in [1.29, 1.82) is 0 Å². The third kappa shape index (κ3) is 3.16. The van der Waals surface area contributed by atoms with Gasteiger partial charge in [0.05, 0.1) is 13.1 Å². The third-order valence-electron chi connectivity index (χ3n) is 2.58. The van der Waals surface area contributed by atoms with Gasteiger partial charge in [0.15, 0.2) is 0 Å². The molecule has 0 saturated heterocycles. The summed E-state index contributed by atoms with van der Waals surface area (Å²) in [5, 5.41) is 0.722. The largest absolute Gasteiger partial charge is 0.460 e. The van der Waals surface area contributed by atoms with E-state index < -0.39 is 0 Å². The second-order valence-corrected chi connectivity index (χ2v) is 4.59. The molecule has 1 aromatic heterocycles. The highest BCUT2D eigenvalue weighted by Crippen LogP contribution is 2.24. The van der Waals surface area contributed by atoms with Crippen LogP contribution >= 0.6 is 11.6 Å². The van der Waals surface area contributed by atoms with Gasteiger partial charge in [-0.3, -0.25) is 4.90 Å². The molecule has 92 valence electrons. The summed E-state index contributed by atoms with van der Waals surface area (Å²) in [5.41, 5.74) is 1.02. The fraction of sp³-hybridized carbons (Fsp3) is 0.200. The van der Waals surface area contributed by atoms with Gasteiger partial charge in [0.25, 0.3) is 0 Å². The summed E-state index contributed by atoms with van der Waals surface area (Å²) in [6.07, 6.45) is 5.26. The molecule has 18 heavy (non-hydrogen) atoms. The molecule has 2 nitrogen and oxygen atoms in total. The van der Waals surface area contributed by atoms with Gasteiger partial charge in [-0.2, -0.15) is 0 Å². The van der Waals surface area contributed by atoms with Crippen molar-refractivity contribution >= 4 is 11.6 Å². The van der Waals surface area contributed by atoms with E-state index in [1.807, 2.05) is 48.3 Å². The lowest BCUT2D eigenvalue weighted by atomic mass is 10.2. The molecule has 0 bridgehead atoms. The highest BCUT2D eigenvalue weighted by Gasteiger charge is 2.06. The number of benzene rings is 1. The van der Waals surface area contributed by atoms with Crippen LogP contribution in [0.1, 0.15) is 5.76 Å². The summed E-state index contributed by atoms with van der Waals surface area (Å²) in [4.78, 5) is 2.02. The Morgan fingerprint density at radius 2 is 1.94 bits per heavy atom. The zero-order valence-corrected chi connectivity index (χ0v) is 10.9. The van der Waals surface area contributed by atoms with Gasteiger partial charge in [0.2, 0.25) is 0 Å². The number of terminal acetylenes is 1. The van der Waals surface area contributed by atoms with Gasteiger partial charge >= 0.3 is 0 Å². The van der Waals surface area contributed by atoms with Crippen molar-refractivity contribution in [2.75, 3.05) is 13.6 Å². The molecule has 0 aliphatic carbocycles. The lowest BCUT2D eigenvalue weighted by Gasteiger charge is -2.10. The van der Waals surface area contributed by atoms with E-state index in [2.05, 4.69) is 5.92 Å². The van der Waals surface area contributed by atoms with Crippen LogP contribution in [-0.2, 0) is 6.54 Å². The van der Waals surface area contributed by atoms with Gasteiger partial charge in [-0.15, -0.1) is 6.42 Å². The van der Waals surface area contributed by atoms with Crippen LogP contribution < -0.4 is 0 Å². The van der Waals surface area contributed by atoms with E-state index in [4.69, 9.17) is 22.4 Å². The highest BCUT2D eigenvalue weighted by atomic mass is 35.5. The zero-order chi connectivity index (χ0) is 13.0. The van der Waals surface area contributed by atoms with Crippen molar-refractivity contribution in [3.8, 4) is 23.7 Å². The van der Waals surface area contributed by atoms with Gasteiger partial charge < -0.3 is 4.42 Å². The Balaban J connectivity index is 2.11. The first-order valence-electron chi connectivity index (χ1n) is 5.65. The Morgan fingerprint density at radius 1 is 1.22 bits per heavy atom. The first-order valence-corrected chi connectivity index (χ1v) is 6.03. The monoisotopic (exact) mass is 259 g/mol. The molecule has 0 spiro atoms. The Kier molecular flexibility index (Phi) is 4.09. The fourth-order valence-electron chi connectivity index (χ4n) is 1.71. The number of halogens is 1. The summed E-state index contributed by atoms with van der Waals surface area (Å²) in [5.74, 6) is 4.35. The zero-order valence-electron chi connectivity index (χ0n) is 10.2. The van der Waals surface area contributed by atoms with Gasteiger partial charge in [-0.05, 0) is 43.4 Å². The van der Waals surface area contributed by atoms with E-state index >= 15 is 0 Å². The van der Waals surface area contributed by atoms with E-state index in [0.29, 0.717) is 13.1 Å². The maximum atomic E-state index is 5.85. The number of hydrogen-bond donors (Lipinski definition) is 0. The minimum absolute atomic E-state index is 0.608. The molecule has 2 rings (SSSR count). The summed E-state index contributed by atoms with van der Waals surface area (Å²) in [6, 6.07) is 11.5. The van der Waals surface area contributed by atoms with Crippen LogP contribution in [0.5, 0.6) is 0 Å². The first kappa shape index (κ1) is 12.8. The molecule has 0 radical (unpaired) electrons. The van der Waals surface area contributed by atoms with E-state index in [9.17, 15) is 0 Å². The Bertz CT molecular complexity index is 551. The third-order valence-corrected chi connectivity index (χ3v) is 2.83. The second kappa shape index (κ2) is 5.77. The average Bonchev–Trinajstić information content (AvgIpc) is 2.78. The Labute approximate surface area is 112 Å². The van der Waals surface area contributed by atoms with Crippen LogP contribution in [0.25, 0.3) is 11.3 Å². The van der Waals surface area contributed by atoms with Crippen molar-refractivity contribution in [3.05, 3.63) is 47.2 Å². The molecule has 0 fully saturated rings. The minimum atomic E-state index is 0.608. The molecule has 0 atom stereocenters. The number of nitrogens with zero attached hydrogens (tertiary/aromatic N) is 1. The van der Waals surface area contributed by atoms with Crippen molar-refractivity contribution in [2.24, 2.45) is 0 Å². The predicted octanol–water partition coefficient (Wildman–Crippen LogP) is 3.67. The summed E-state index contributed by atoms with van der Waals surface area (Å²) >= 11 is 5.85. The van der Waals surface area contributed by atoms with Crippen molar-refractivity contribution in [2.45, 2.75) is 6.54 Å². The van der Waals surface area contributed by atoms with Gasteiger partial charge in [0.1, 0.15) is 11.5 Å². The molecule has 1 aromatic carbocycles. The maximum Gasteiger partial charge on any atom is 0.134 e. The quantitative estimate of drug-likeness (QED) is 0.779. The van der Waals surface area contributed by atoms with Gasteiger partial charge in [-0.25, -0.2) is 0 Å². The molecule has 0 saturated carbocycles. The highest BCUT2D eigenvalue weighted by molar-refractivity contribution is 6.30. The molecule has 3 heteroatoms. The summed E-state index contributed by atoms with van der Waals surface area (Å²) in [6.45, 7) is 1.31. The number of furan rings is 1. The second-order valence-electron chi connectivity index (χ2n) is 4.15. The van der Waals surface area contributed by atoms with Crippen LogP contribution in [0.4, 0.5) is 0 Å². The van der Waals surface area contributed by atoms with Crippen LogP contribution in [-0.4, -0.2) is 18.5 Å². The van der Waals surface area contributed by atoms with Crippen LogP contribution in [0, 0.1) is 12.3 Å². The normalized spacial score (nSPS) is 10.6.